The zero-order valence-corrected chi connectivity index (χ0v) is 17.9. The van der Waals surface area contributed by atoms with Gasteiger partial charge in [-0.25, -0.2) is 8.42 Å². The van der Waals surface area contributed by atoms with E-state index in [1.165, 1.54) is 42.5 Å². The molecule has 3 N–H and O–H groups in total. The molecule has 2 amide bonds. The molecule has 0 aromatic heterocycles. The molecule has 0 fully saturated rings. The number of nitrogens with one attached hydrogen (secondary N) is 3. The van der Waals surface area contributed by atoms with Gasteiger partial charge >= 0.3 is 0 Å². The van der Waals surface area contributed by atoms with E-state index in [4.69, 9.17) is 21.1 Å². The summed E-state index contributed by atoms with van der Waals surface area (Å²) in [6.45, 7) is 0.0801. The molecule has 1 aliphatic rings. The molecule has 0 spiro atoms. The number of amides is 2. The Morgan fingerprint density at radius 1 is 0.812 bits per heavy atom. The number of hydrogen-bond acceptors (Lipinski definition) is 6. The van der Waals surface area contributed by atoms with Crippen LogP contribution in [0, 0.1) is 0 Å². The Hall–Kier alpha value is -3.76. The molecule has 9 nitrogen and oxygen atoms in total. The predicted octanol–water partition coefficient (Wildman–Crippen LogP) is 2.94. The lowest BCUT2D eigenvalue weighted by molar-refractivity contribution is 0.0846. The smallest absolute Gasteiger partial charge is 0.269 e. The molecule has 0 saturated carbocycles. The van der Waals surface area contributed by atoms with Crippen LogP contribution in [0.15, 0.2) is 71.6 Å². The molecule has 0 unspecified atom stereocenters. The van der Waals surface area contributed by atoms with E-state index in [0.29, 0.717) is 11.5 Å². The molecule has 0 aliphatic carbocycles. The van der Waals surface area contributed by atoms with Crippen molar-refractivity contribution in [1.82, 2.24) is 10.9 Å². The fourth-order valence-corrected chi connectivity index (χ4v) is 4.15. The number of hydrazine groups is 1. The van der Waals surface area contributed by atoms with E-state index < -0.39 is 21.8 Å². The highest BCUT2D eigenvalue weighted by molar-refractivity contribution is 7.92. The lowest BCUT2D eigenvalue weighted by Gasteiger charge is -2.11. The first-order valence-corrected chi connectivity index (χ1v) is 11.1. The fraction of sp³-hybridized carbons (Fsp3) is 0.0476. The third-order valence-electron chi connectivity index (χ3n) is 4.47. The van der Waals surface area contributed by atoms with Gasteiger partial charge in [0, 0.05) is 11.1 Å². The molecule has 0 radical (unpaired) electrons. The van der Waals surface area contributed by atoms with Gasteiger partial charge in [0.2, 0.25) is 6.79 Å². The van der Waals surface area contributed by atoms with Crippen LogP contribution in [0.1, 0.15) is 20.7 Å². The van der Waals surface area contributed by atoms with Gasteiger partial charge in [0.1, 0.15) is 0 Å². The van der Waals surface area contributed by atoms with Gasteiger partial charge in [-0.2, -0.15) is 0 Å². The molecule has 0 bridgehead atoms. The zero-order chi connectivity index (χ0) is 22.7. The Morgan fingerprint density at radius 2 is 1.44 bits per heavy atom. The van der Waals surface area contributed by atoms with Crippen LogP contribution in [-0.4, -0.2) is 27.0 Å². The molecular formula is C21H16ClN3O6S. The summed E-state index contributed by atoms with van der Waals surface area (Å²) in [5, 5.41) is 0.255. The van der Waals surface area contributed by atoms with Crippen molar-refractivity contribution in [1.29, 1.82) is 0 Å². The first-order chi connectivity index (χ1) is 15.3. The molecule has 0 atom stereocenters. The average molecular weight is 474 g/mol. The minimum atomic E-state index is -3.90. The topological polar surface area (TPSA) is 123 Å². The normalized spacial score (nSPS) is 12.2. The highest BCUT2D eigenvalue weighted by atomic mass is 35.5. The molecule has 3 aromatic rings. The Labute approximate surface area is 188 Å². The third kappa shape index (κ3) is 4.61. The number of anilines is 1. The van der Waals surface area contributed by atoms with E-state index in [-0.39, 0.29) is 33.5 Å². The summed E-state index contributed by atoms with van der Waals surface area (Å²) in [4.78, 5) is 24.5. The van der Waals surface area contributed by atoms with Gasteiger partial charge in [-0.05, 0) is 54.6 Å². The number of hydrogen-bond donors (Lipinski definition) is 3. The van der Waals surface area contributed by atoms with E-state index in [2.05, 4.69) is 15.6 Å². The van der Waals surface area contributed by atoms with Crippen molar-refractivity contribution in [2.75, 3.05) is 11.5 Å². The SMILES string of the molecule is O=C(NNC(=O)c1ccc2c(c1)OCO2)c1ccc(S(=O)(=O)Nc2ccccc2Cl)cc1. The minimum absolute atomic E-state index is 0.0571. The van der Waals surface area contributed by atoms with Gasteiger partial charge in [0.05, 0.1) is 15.6 Å². The monoisotopic (exact) mass is 473 g/mol. The molecule has 1 aliphatic heterocycles. The second-order valence-electron chi connectivity index (χ2n) is 6.59. The summed E-state index contributed by atoms with van der Waals surface area (Å²) in [6, 6.07) is 16.2. The fourth-order valence-electron chi connectivity index (χ4n) is 2.83. The van der Waals surface area contributed by atoms with Crippen LogP contribution in [0.4, 0.5) is 5.69 Å². The molecule has 32 heavy (non-hydrogen) atoms. The van der Waals surface area contributed by atoms with Crippen LogP contribution in [0.2, 0.25) is 5.02 Å². The summed E-state index contributed by atoms with van der Waals surface area (Å²) < 4.78 is 37.9. The molecular weight excluding hydrogens is 458 g/mol. The lowest BCUT2D eigenvalue weighted by atomic mass is 10.2. The number of carbonyl (C=O) groups excluding carboxylic acids is 2. The van der Waals surface area contributed by atoms with Crippen molar-refractivity contribution in [3.8, 4) is 11.5 Å². The van der Waals surface area contributed by atoms with Gasteiger partial charge < -0.3 is 9.47 Å². The van der Waals surface area contributed by atoms with Crippen molar-refractivity contribution in [3.63, 3.8) is 0 Å². The van der Waals surface area contributed by atoms with Crippen LogP contribution in [0.3, 0.4) is 0 Å². The van der Waals surface area contributed by atoms with E-state index in [1.54, 1.807) is 24.3 Å². The largest absolute Gasteiger partial charge is 0.454 e. The Kier molecular flexibility index (Phi) is 5.89. The number of halogens is 1. The van der Waals surface area contributed by atoms with E-state index >= 15 is 0 Å². The van der Waals surface area contributed by atoms with Gasteiger partial charge in [0.25, 0.3) is 21.8 Å². The number of rotatable bonds is 5. The zero-order valence-electron chi connectivity index (χ0n) is 16.3. The number of fused-ring (bicyclic) bond motifs is 1. The Balaban J connectivity index is 1.38. The van der Waals surface area contributed by atoms with Crippen LogP contribution in [0.5, 0.6) is 11.5 Å². The van der Waals surface area contributed by atoms with Crippen molar-refractivity contribution >= 4 is 39.1 Å². The Morgan fingerprint density at radius 3 is 2.16 bits per heavy atom. The highest BCUT2D eigenvalue weighted by Gasteiger charge is 2.18. The summed E-state index contributed by atoms with van der Waals surface area (Å²) in [7, 11) is -3.90. The third-order valence-corrected chi connectivity index (χ3v) is 6.18. The van der Waals surface area contributed by atoms with Crippen molar-refractivity contribution < 1.29 is 27.5 Å². The first kappa shape index (κ1) is 21.5. The number of sulfonamides is 1. The van der Waals surface area contributed by atoms with Crippen LogP contribution in [0.25, 0.3) is 0 Å². The molecule has 3 aromatic carbocycles. The quantitative estimate of drug-likeness (QED) is 0.490. The summed E-state index contributed by atoms with van der Waals surface area (Å²) >= 11 is 5.99. The van der Waals surface area contributed by atoms with Crippen LogP contribution >= 0.6 is 11.6 Å². The predicted molar refractivity (Wildman–Crippen MR) is 116 cm³/mol. The van der Waals surface area contributed by atoms with Crippen molar-refractivity contribution in [2.24, 2.45) is 0 Å². The van der Waals surface area contributed by atoms with Crippen molar-refractivity contribution in [3.05, 3.63) is 82.9 Å². The van der Waals surface area contributed by atoms with Gasteiger partial charge in [-0.15, -0.1) is 0 Å². The molecule has 1 heterocycles. The average Bonchev–Trinajstić information content (AvgIpc) is 3.27. The molecule has 11 heteroatoms. The number of benzene rings is 3. The minimum Gasteiger partial charge on any atom is -0.454 e. The maximum atomic E-state index is 12.5. The van der Waals surface area contributed by atoms with Gasteiger partial charge in [-0.1, -0.05) is 23.7 Å². The molecule has 164 valence electrons. The van der Waals surface area contributed by atoms with E-state index in [1.807, 2.05) is 0 Å². The number of carbonyl (C=O) groups is 2. The summed E-state index contributed by atoms with van der Waals surface area (Å²) in [5.41, 5.74) is 5.22. The second-order valence-corrected chi connectivity index (χ2v) is 8.68. The maximum Gasteiger partial charge on any atom is 0.269 e. The lowest BCUT2D eigenvalue weighted by Crippen LogP contribution is -2.41. The van der Waals surface area contributed by atoms with Gasteiger partial charge in [0.15, 0.2) is 11.5 Å². The highest BCUT2D eigenvalue weighted by Crippen LogP contribution is 2.32. The van der Waals surface area contributed by atoms with Gasteiger partial charge in [-0.3, -0.25) is 25.2 Å². The summed E-state index contributed by atoms with van der Waals surface area (Å²) in [6.07, 6.45) is 0. The number of para-hydroxylation sites is 1. The number of ether oxygens (including phenoxy) is 2. The standard InChI is InChI=1S/C21H16ClN3O6S/c22-16-3-1-2-4-17(16)25-32(28,29)15-8-5-13(6-9-15)20(26)23-24-21(27)14-7-10-18-19(11-14)31-12-30-18/h1-11,25H,12H2,(H,23,26)(H,24,27). The Bertz CT molecular complexity index is 1300. The first-order valence-electron chi connectivity index (χ1n) is 9.21. The molecule has 4 rings (SSSR count). The maximum absolute atomic E-state index is 12.5. The van der Waals surface area contributed by atoms with Crippen LogP contribution in [-0.2, 0) is 10.0 Å². The van der Waals surface area contributed by atoms with E-state index in [9.17, 15) is 18.0 Å². The van der Waals surface area contributed by atoms with Crippen molar-refractivity contribution in [2.45, 2.75) is 4.90 Å². The molecule has 0 saturated heterocycles. The van der Waals surface area contributed by atoms with Crippen LogP contribution < -0.4 is 25.0 Å². The van der Waals surface area contributed by atoms with E-state index in [0.717, 1.165) is 0 Å². The summed E-state index contributed by atoms with van der Waals surface area (Å²) in [5.74, 6) is -0.210. The second kappa shape index (κ2) is 8.77.